The molecular weight excluding hydrogens is 512 g/mol. The van der Waals surface area contributed by atoms with Gasteiger partial charge in [0.2, 0.25) is 21.8 Å². The van der Waals surface area contributed by atoms with Gasteiger partial charge in [-0.15, -0.1) is 0 Å². The number of rotatable bonds is 9. The normalized spacial score (nSPS) is 29.5. The first-order valence-electron chi connectivity index (χ1n) is 13.9. The summed E-state index contributed by atoms with van der Waals surface area (Å²) in [6.45, 7) is 0.995. The standard InChI is InChI=1S/C30H38N4O4S/c31-39(37,38)28-11-4-2-7-24(28)21-14-12-20(13-15-21)18-34-30(36)26-9-5-8-25(26)29(35)32-17-16-22-19-33-27-10-3-1-6-23(22)27/h1-4,6-7,10,12,14,19,23,25-28,33H,5,8-9,11,13,15-18H2,(H,32,35)(H,34,36)(H2,31,37,38)/t23?,25-,26?,27?,28?/m1/s1. The fourth-order valence-electron chi connectivity index (χ4n) is 6.34. The van der Waals surface area contributed by atoms with Gasteiger partial charge in [-0.2, -0.15) is 0 Å². The minimum Gasteiger partial charge on any atom is -0.384 e. The Bertz CT molecular complexity index is 1320. The van der Waals surface area contributed by atoms with Gasteiger partial charge in [0, 0.05) is 30.8 Å². The van der Waals surface area contributed by atoms with Gasteiger partial charge in [0.1, 0.15) is 5.25 Å². The van der Waals surface area contributed by atoms with Gasteiger partial charge in [0.05, 0.1) is 6.04 Å². The van der Waals surface area contributed by atoms with E-state index in [1.807, 2.05) is 30.4 Å². The van der Waals surface area contributed by atoms with Crippen LogP contribution in [-0.4, -0.2) is 44.6 Å². The third-order valence-electron chi connectivity index (χ3n) is 8.53. The Kier molecular flexibility index (Phi) is 8.37. The van der Waals surface area contributed by atoms with Crippen LogP contribution in [0.25, 0.3) is 0 Å². The molecular formula is C30H38N4O4S. The molecule has 1 aliphatic heterocycles. The van der Waals surface area contributed by atoms with Crippen LogP contribution in [0.1, 0.15) is 44.9 Å². The van der Waals surface area contributed by atoms with E-state index in [1.54, 1.807) is 0 Å². The van der Waals surface area contributed by atoms with Crippen molar-refractivity contribution >= 4 is 21.8 Å². The van der Waals surface area contributed by atoms with Crippen LogP contribution < -0.4 is 21.1 Å². The lowest BCUT2D eigenvalue weighted by molar-refractivity contribution is -0.133. The first kappa shape index (κ1) is 27.4. The first-order valence-corrected chi connectivity index (χ1v) is 15.5. The Balaban J connectivity index is 1.10. The third kappa shape index (κ3) is 6.36. The number of hydrogen-bond donors (Lipinski definition) is 4. The summed E-state index contributed by atoms with van der Waals surface area (Å²) in [6.07, 6.45) is 24.9. The van der Waals surface area contributed by atoms with Crippen molar-refractivity contribution in [1.29, 1.82) is 0 Å². The van der Waals surface area contributed by atoms with Gasteiger partial charge in [-0.1, -0.05) is 66.7 Å². The molecule has 8 nitrogen and oxygen atoms in total. The van der Waals surface area contributed by atoms with Crippen LogP contribution in [0.3, 0.4) is 0 Å². The summed E-state index contributed by atoms with van der Waals surface area (Å²) in [4.78, 5) is 26.0. The first-order chi connectivity index (χ1) is 18.8. The van der Waals surface area contributed by atoms with Crippen LogP contribution in [0.2, 0.25) is 0 Å². The number of hydrogen-bond acceptors (Lipinski definition) is 5. The highest BCUT2D eigenvalue weighted by Gasteiger charge is 2.38. The summed E-state index contributed by atoms with van der Waals surface area (Å²) in [6, 6.07) is 0.311. The Hall–Kier alpha value is -3.17. The quantitative estimate of drug-likeness (QED) is 0.351. The van der Waals surface area contributed by atoms with Crippen molar-refractivity contribution in [3.05, 3.63) is 83.2 Å². The third-order valence-corrected chi connectivity index (χ3v) is 9.77. The van der Waals surface area contributed by atoms with E-state index in [2.05, 4.69) is 46.5 Å². The number of primary sulfonamides is 1. The molecule has 208 valence electrons. The average molecular weight is 551 g/mol. The number of allylic oxidation sites excluding steroid dienone is 8. The molecule has 9 heteroatoms. The van der Waals surface area contributed by atoms with E-state index in [4.69, 9.17) is 5.14 Å². The van der Waals surface area contributed by atoms with Crippen LogP contribution in [0, 0.1) is 17.8 Å². The topological polar surface area (TPSA) is 130 Å². The summed E-state index contributed by atoms with van der Waals surface area (Å²) < 4.78 is 24.1. The van der Waals surface area contributed by atoms with Crippen LogP contribution in [0.4, 0.5) is 0 Å². The zero-order chi connectivity index (χ0) is 27.4. The van der Waals surface area contributed by atoms with Crippen molar-refractivity contribution < 1.29 is 18.0 Å². The van der Waals surface area contributed by atoms with Crippen molar-refractivity contribution in [2.75, 3.05) is 13.1 Å². The van der Waals surface area contributed by atoms with Crippen molar-refractivity contribution in [2.45, 2.75) is 56.2 Å². The van der Waals surface area contributed by atoms with Crippen LogP contribution in [-0.2, 0) is 19.6 Å². The van der Waals surface area contributed by atoms with Gasteiger partial charge in [-0.3, -0.25) is 9.59 Å². The maximum atomic E-state index is 13.0. The predicted octanol–water partition coefficient (Wildman–Crippen LogP) is 2.81. The monoisotopic (exact) mass is 550 g/mol. The highest BCUT2D eigenvalue weighted by Crippen LogP contribution is 2.34. The van der Waals surface area contributed by atoms with Gasteiger partial charge in [0.25, 0.3) is 0 Å². The number of amides is 2. The van der Waals surface area contributed by atoms with Crippen molar-refractivity contribution in [1.82, 2.24) is 16.0 Å². The van der Waals surface area contributed by atoms with E-state index >= 15 is 0 Å². The highest BCUT2D eigenvalue weighted by atomic mass is 32.2. The number of fused-ring (bicyclic) bond motifs is 1. The molecule has 0 aromatic rings. The number of nitrogens with two attached hydrogens (primary N) is 1. The molecule has 0 saturated heterocycles. The zero-order valence-electron chi connectivity index (χ0n) is 22.1. The number of carbonyl (C=O) groups excluding carboxylic acids is 2. The summed E-state index contributed by atoms with van der Waals surface area (Å²) in [5, 5.41) is 14.3. The Labute approximate surface area is 231 Å². The van der Waals surface area contributed by atoms with Crippen LogP contribution in [0.5, 0.6) is 0 Å². The Morgan fingerprint density at radius 1 is 0.974 bits per heavy atom. The number of nitrogens with one attached hydrogen (secondary N) is 3. The number of carbonyl (C=O) groups is 2. The fourth-order valence-corrected chi connectivity index (χ4v) is 7.30. The van der Waals surface area contributed by atoms with E-state index in [9.17, 15) is 18.0 Å². The van der Waals surface area contributed by atoms with Crippen LogP contribution >= 0.6 is 0 Å². The summed E-state index contributed by atoms with van der Waals surface area (Å²) in [7, 11) is -3.68. The second kappa shape index (κ2) is 11.9. The van der Waals surface area contributed by atoms with Gasteiger partial charge in [0.15, 0.2) is 0 Å². The molecule has 0 aromatic carbocycles. The lowest BCUT2D eigenvalue weighted by Gasteiger charge is -2.24. The minimum absolute atomic E-state index is 0.0292. The van der Waals surface area contributed by atoms with E-state index in [-0.39, 0.29) is 23.7 Å². The lowest BCUT2D eigenvalue weighted by atomic mass is 9.88. The van der Waals surface area contributed by atoms with E-state index in [0.717, 1.165) is 48.8 Å². The molecule has 1 heterocycles. The molecule has 1 fully saturated rings. The Morgan fingerprint density at radius 2 is 1.74 bits per heavy atom. The maximum absolute atomic E-state index is 13.0. The molecule has 0 spiro atoms. The molecule has 39 heavy (non-hydrogen) atoms. The van der Waals surface area contributed by atoms with E-state index in [1.165, 1.54) is 5.57 Å². The summed E-state index contributed by atoms with van der Waals surface area (Å²) in [5.41, 5.74) is 4.09. The second-order valence-electron chi connectivity index (χ2n) is 11.0. The number of sulfonamides is 1. The highest BCUT2D eigenvalue weighted by molar-refractivity contribution is 7.90. The van der Waals surface area contributed by atoms with Crippen molar-refractivity contribution in [3.63, 3.8) is 0 Å². The molecule has 2 amide bonds. The van der Waals surface area contributed by atoms with E-state index < -0.39 is 15.3 Å². The fraction of sp³-hybridized carbons (Fsp3) is 0.467. The smallest absolute Gasteiger partial charge is 0.224 e. The molecule has 0 aromatic heterocycles. The zero-order valence-corrected chi connectivity index (χ0v) is 23.0. The van der Waals surface area contributed by atoms with E-state index in [0.29, 0.717) is 37.9 Å². The van der Waals surface area contributed by atoms with Gasteiger partial charge in [-0.25, -0.2) is 13.6 Å². The largest absolute Gasteiger partial charge is 0.384 e. The molecule has 5 atom stereocenters. The molecule has 0 radical (unpaired) electrons. The van der Waals surface area contributed by atoms with Crippen molar-refractivity contribution in [3.8, 4) is 0 Å². The molecule has 5 aliphatic rings. The predicted molar refractivity (Wildman–Crippen MR) is 152 cm³/mol. The molecule has 5 rings (SSSR count). The molecule has 4 aliphatic carbocycles. The summed E-state index contributed by atoms with van der Waals surface area (Å²) in [5.74, 6) is -0.346. The SMILES string of the molecule is NS(=O)(=O)C1CC=CC=C1C1=CC=C(CNC(=O)C2CCC[C@H]2C(=O)NCCC2=CNC3C=CC=CC23)CC1. The van der Waals surface area contributed by atoms with Gasteiger partial charge < -0.3 is 16.0 Å². The average Bonchev–Trinajstić information content (AvgIpc) is 3.60. The Morgan fingerprint density at radius 3 is 2.49 bits per heavy atom. The second-order valence-corrected chi connectivity index (χ2v) is 12.7. The van der Waals surface area contributed by atoms with Gasteiger partial charge in [-0.05, 0) is 61.4 Å². The van der Waals surface area contributed by atoms with Crippen molar-refractivity contribution in [2.24, 2.45) is 22.9 Å². The molecule has 0 bridgehead atoms. The molecule has 4 unspecified atom stereocenters. The maximum Gasteiger partial charge on any atom is 0.224 e. The van der Waals surface area contributed by atoms with Crippen LogP contribution in [0.15, 0.2) is 83.2 Å². The lowest BCUT2D eigenvalue weighted by Crippen LogP contribution is -2.40. The minimum atomic E-state index is -3.68. The summed E-state index contributed by atoms with van der Waals surface area (Å²) >= 11 is 0. The molecule has 5 N–H and O–H groups in total. The molecule has 1 saturated carbocycles. The van der Waals surface area contributed by atoms with Gasteiger partial charge >= 0.3 is 0 Å².